The van der Waals surface area contributed by atoms with Gasteiger partial charge in [0.25, 0.3) is 0 Å². The minimum absolute atomic E-state index is 0.00441. The Kier molecular flexibility index (Phi) is 8.07. The number of likely N-dealkylation sites (tertiary alicyclic amines) is 2. The molecular weight excluding hydrogens is 487 g/mol. The fourth-order valence-corrected chi connectivity index (χ4v) is 11.9. The minimum atomic E-state index is -2.99. The molecule has 0 amide bonds. The van der Waals surface area contributed by atoms with Gasteiger partial charge in [-0.3, -0.25) is 14.4 Å². The molecule has 0 unspecified atom stereocenters. The molecule has 3 aliphatic heterocycles. The number of hydrogen-bond donors (Lipinski definition) is 0. The Labute approximate surface area is 233 Å². The summed E-state index contributed by atoms with van der Waals surface area (Å²) in [5.41, 5.74) is -0.0176. The van der Waals surface area contributed by atoms with E-state index < -0.39 is 7.44 Å². The van der Waals surface area contributed by atoms with Gasteiger partial charge in [-0.25, -0.2) is 9.34 Å². The molecule has 1 aromatic carbocycles. The van der Waals surface area contributed by atoms with Gasteiger partial charge in [-0.05, 0) is 93.2 Å². The van der Waals surface area contributed by atoms with Crippen molar-refractivity contribution in [3.05, 3.63) is 55.6 Å². The van der Waals surface area contributed by atoms with Crippen LogP contribution in [0.3, 0.4) is 0 Å². The summed E-state index contributed by atoms with van der Waals surface area (Å²) in [6.07, 6.45) is 8.07. The fraction of sp³-hybridized carbons (Fsp3) is 0.688. The third kappa shape index (κ3) is 5.15. The van der Waals surface area contributed by atoms with Gasteiger partial charge >= 0.3 is 0 Å². The standard InChI is InChI=1S/C32H53N4OP/c1-11-18-35-29(3,4)22-26(23-30(35,5)6)33-20-21-34(38(33,37)28-16-14-13-15-17-28)27-24-31(7,8)36(19-12-2)32(9,10)25-27/h11-17,26-27H,1-2,18-25H2,3-10H3. The van der Waals surface area contributed by atoms with Gasteiger partial charge in [0.2, 0.25) is 7.44 Å². The smallest absolute Gasteiger partial charge is 0.246 e. The number of hydrogen-bond acceptors (Lipinski definition) is 3. The van der Waals surface area contributed by atoms with Crippen molar-refractivity contribution >= 4 is 12.7 Å². The highest BCUT2D eigenvalue weighted by atomic mass is 31.2. The Balaban J connectivity index is 1.73. The average Bonchev–Trinajstić information content (AvgIpc) is 3.16. The molecule has 38 heavy (non-hydrogen) atoms. The van der Waals surface area contributed by atoms with E-state index in [2.05, 4.69) is 112 Å². The molecule has 0 radical (unpaired) electrons. The van der Waals surface area contributed by atoms with Gasteiger partial charge in [-0.1, -0.05) is 30.4 Å². The molecule has 1 aromatic rings. The van der Waals surface area contributed by atoms with Crippen LogP contribution in [-0.2, 0) is 4.57 Å². The van der Waals surface area contributed by atoms with Crippen LogP contribution < -0.4 is 5.30 Å². The van der Waals surface area contributed by atoms with Crippen LogP contribution in [0.4, 0.5) is 0 Å². The molecule has 0 spiro atoms. The third-order valence-electron chi connectivity index (χ3n) is 9.68. The predicted molar refractivity (Wildman–Crippen MR) is 163 cm³/mol. The molecule has 3 fully saturated rings. The molecule has 3 saturated heterocycles. The fourth-order valence-electron chi connectivity index (χ4n) is 8.55. The Morgan fingerprint density at radius 1 is 0.711 bits per heavy atom. The van der Waals surface area contributed by atoms with E-state index in [-0.39, 0.29) is 34.2 Å². The summed E-state index contributed by atoms with van der Waals surface area (Å²) in [6, 6.07) is 10.9. The maximum absolute atomic E-state index is 15.7. The molecule has 0 N–H and O–H groups in total. The number of piperidine rings is 2. The lowest BCUT2D eigenvalue weighted by molar-refractivity contribution is -0.0434. The average molecular weight is 541 g/mol. The van der Waals surface area contributed by atoms with Gasteiger partial charge in [0.15, 0.2) is 0 Å². The Hall–Kier alpha value is -1.23. The number of rotatable bonds is 7. The zero-order chi connectivity index (χ0) is 28.1. The van der Waals surface area contributed by atoms with E-state index in [0.717, 1.165) is 57.2 Å². The molecule has 3 aliphatic rings. The molecule has 6 heteroatoms. The van der Waals surface area contributed by atoms with Crippen LogP contribution in [0.15, 0.2) is 55.6 Å². The Bertz CT molecular complexity index is 964. The van der Waals surface area contributed by atoms with E-state index in [1.807, 2.05) is 18.2 Å². The van der Waals surface area contributed by atoms with Crippen molar-refractivity contribution in [2.24, 2.45) is 0 Å². The number of nitrogens with zero attached hydrogens (tertiary/aromatic N) is 4. The van der Waals surface area contributed by atoms with Crippen molar-refractivity contribution in [1.82, 2.24) is 19.1 Å². The van der Waals surface area contributed by atoms with E-state index >= 15 is 4.57 Å². The van der Waals surface area contributed by atoms with Crippen LogP contribution >= 0.6 is 7.44 Å². The summed E-state index contributed by atoms with van der Waals surface area (Å²) in [5, 5.41) is 0.991. The SMILES string of the molecule is C=CCN1C(C)(C)CC(N2CCN(C3CC(C)(C)N(CC=C)C(C)(C)C3)P2(=O)c2ccccc2)CC1(C)C. The van der Waals surface area contributed by atoms with Gasteiger partial charge < -0.3 is 0 Å². The van der Waals surface area contributed by atoms with Crippen molar-refractivity contribution in [3.8, 4) is 0 Å². The summed E-state index contributed by atoms with van der Waals surface area (Å²) in [6.45, 7) is 30.4. The first-order valence-corrected chi connectivity index (χ1v) is 16.2. The largest absolute Gasteiger partial charge is 0.289 e. The van der Waals surface area contributed by atoms with Crippen LogP contribution in [0, 0.1) is 0 Å². The molecule has 0 bridgehead atoms. The second kappa shape index (κ2) is 10.3. The summed E-state index contributed by atoms with van der Waals surface area (Å²) in [4.78, 5) is 5.18. The quantitative estimate of drug-likeness (QED) is 0.290. The Morgan fingerprint density at radius 3 is 1.37 bits per heavy atom. The molecule has 0 saturated carbocycles. The minimum Gasteiger partial charge on any atom is -0.289 e. The summed E-state index contributed by atoms with van der Waals surface area (Å²) < 4.78 is 20.6. The zero-order valence-corrected chi connectivity index (χ0v) is 26.3. The van der Waals surface area contributed by atoms with Crippen LogP contribution in [0.2, 0.25) is 0 Å². The van der Waals surface area contributed by atoms with E-state index in [1.54, 1.807) is 0 Å². The van der Waals surface area contributed by atoms with E-state index in [0.29, 0.717) is 0 Å². The van der Waals surface area contributed by atoms with Gasteiger partial charge in [0.05, 0.1) is 0 Å². The summed E-state index contributed by atoms with van der Waals surface area (Å²) in [5.74, 6) is 0. The lowest BCUT2D eigenvalue weighted by atomic mass is 9.76. The second-order valence-electron chi connectivity index (χ2n) is 14.4. The maximum atomic E-state index is 15.7. The molecule has 0 aliphatic carbocycles. The van der Waals surface area contributed by atoms with E-state index in [9.17, 15) is 0 Å². The van der Waals surface area contributed by atoms with E-state index in [1.165, 1.54) is 0 Å². The second-order valence-corrected chi connectivity index (χ2v) is 17.0. The lowest BCUT2D eigenvalue weighted by Crippen LogP contribution is -2.64. The number of benzene rings is 1. The van der Waals surface area contributed by atoms with Gasteiger partial charge in [-0.15, -0.1) is 13.2 Å². The highest BCUT2D eigenvalue weighted by molar-refractivity contribution is 7.67. The summed E-state index contributed by atoms with van der Waals surface area (Å²) in [7, 11) is -2.99. The molecular formula is C32H53N4OP. The van der Waals surface area contributed by atoms with E-state index in [4.69, 9.17) is 0 Å². The first kappa shape index (κ1) is 29.7. The lowest BCUT2D eigenvalue weighted by Gasteiger charge is -2.58. The Morgan fingerprint density at radius 2 is 1.05 bits per heavy atom. The van der Waals surface area contributed by atoms with Crippen LogP contribution in [0.5, 0.6) is 0 Å². The topological polar surface area (TPSA) is 30.0 Å². The normalized spacial score (nSPS) is 28.3. The predicted octanol–water partition coefficient (Wildman–Crippen LogP) is 6.54. The molecule has 5 nitrogen and oxygen atoms in total. The molecule has 4 rings (SSSR count). The monoisotopic (exact) mass is 540 g/mol. The van der Waals surface area contributed by atoms with Crippen LogP contribution in [0.25, 0.3) is 0 Å². The van der Waals surface area contributed by atoms with Gasteiger partial charge in [0, 0.05) is 65.7 Å². The van der Waals surface area contributed by atoms with Crippen molar-refractivity contribution in [2.75, 3.05) is 26.2 Å². The first-order valence-electron chi connectivity index (χ1n) is 14.6. The van der Waals surface area contributed by atoms with Crippen molar-refractivity contribution in [3.63, 3.8) is 0 Å². The van der Waals surface area contributed by atoms with Crippen molar-refractivity contribution in [1.29, 1.82) is 0 Å². The van der Waals surface area contributed by atoms with Crippen molar-refractivity contribution in [2.45, 2.75) is 115 Å². The molecule has 3 heterocycles. The first-order chi connectivity index (χ1) is 17.6. The van der Waals surface area contributed by atoms with Crippen LogP contribution in [0.1, 0.15) is 81.1 Å². The molecule has 0 atom stereocenters. The molecule has 0 aromatic heterocycles. The van der Waals surface area contributed by atoms with Crippen molar-refractivity contribution < 1.29 is 4.57 Å². The highest BCUT2D eigenvalue weighted by Crippen LogP contribution is 2.62. The summed E-state index contributed by atoms with van der Waals surface area (Å²) >= 11 is 0. The van der Waals surface area contributed by atoms with Crippen LogP contribution in [-0.4, -0.2) is 79.6 Å². The molecule has 212 valence electrons. The highest BCUT2D eigenvalue weighted by Gasteiger charge is 2.57. The maximum Gasteiger partial charge on any atom is 0.246 e. The zero-order valence-electron chi connectivity index (χ0n) is 25.4. The van der Waals surface area contributed by atoms with Gasteiger partial charge in [0.1, 0.15) is 0 Å². The van der Waals surface area contributed by atoms with Gasteiger partial charge in [-0.2, -0.15) is 0 Å². The third-order valence-corrected chi connectivity index (χ3v) is 13.1.